The molecule has 5 heteroatoms. The van der Waals surface area contributed by atoms with Gasteiger partial charge in [0.2, 0.25) is 0 Å². The summed E-state index contributed by atoms with van der Waals surface area (Å²) >= 11 is 0. The fourth-order valence-electron chi connectivity index (χ4n) is 1.19. The van der Waals surface area contributed by atoms with Gasteiger partial charge in [0.25, 0.3) is 0 Å². The van der Waals surface area contributed by atoms with Crippen molar-refractivity contribution in [2.45, 2.75) is 13.0 Å². The largest absolute Gasteiger partial charge is 0.389 e. The Hall–Kier alpha value is -2.06. The third-order valence-electron chi connectivity index (χ3n) is 2.10. The maximum Gasteiger partial charge on any atom is 0.143 e. The van der Waals surface area contributed by atoms with E-state index in [2.05, 4.69) is 11.2 Å². The zero-order chi connectivity index (χ0) is 12.5. The molecule has 0 aliphatic heterocycles. The normalized spacial score (nSPS) is 10.9. The molecule has 0 saturated heterocycles. The van der Waals surface area contributed by atoms with Gasteiger partial charge in [0.05, 0.1) is 18.2 Å². The van der Waals surface area contributed by atoms with Crippen molar-refractivity contribution in [2.75, 3.05) is 13.7 Å². The summed E-state index contributed by atoms with van der Waals surface area (Å²) in [6.45, 7) is 0.741. The molecule has 1 aromatic carbocycles. The van der Waals surface area contributed by atoms with E-state index in [4.69, 9.17) is 20.6 Å². The average Bonchev–Trinajstić information content (AvgIpc) is 2.37. The lowest BCUT2D eigenvalue weighted by atomic mass is 10.1. The molecule has 1 rings (SSSR count). The van der Waals surface area contributed by atoms with Gasteiger partial charge in [-0.15, -0.1) is 0 Å². The van der Waals surface area contributed by atoms with Gasteiger partial charge in [0, 0.05) is 19.1 Å². The van der Waals surface area contributed by atoms with Crippen molar-refractivity contribution in [1.29, 1.82) is 5.26 Å². The maximum absolute atomic E-state index is 8.86. The van der Waals surface area contributed by atoms with Crippen LogP contribution in [0.1, 0.15) is 17.5 Å². The Morgan fingerprint density at radius 2 is 2.24 bits per heavy atom. The summed E-state index contributed by atoms with van der Waals surface area (Å²) in [4.78, 5) is 5.08. The minimum absolute atomic E-state index is 0.234. The predicted octanol–water partition coefficient (Wildman–Crippen LogP) is 1.38. The predicted molar refractivity (Wildman–Crippen MR) is 64.1 cm³/mol. The number of oxime groups is 1. The number of benzene rings is 1. The van der Waals surface area contributed by atoms with Crippen LogP contribution in [0.5, 0.6) is 0 Å². The van der Waals surface area contributed by atoms with Crippen LogP contribution >= 0.6 is 0 Å². The van der Waals surface area contributed by atoms with Crippen molar-refractivity contribution in [3.63, 3.8) is 0 Å². The molecule has 1 aromatic rings. The second kappa shape index (κ2) is 7.25. The first-order chi connectivity index (χ1) is 8.27. The van der Waals surface area contributed by atoms with Gasteiger partial charge < -0.3 is 15.3 Å². The zero-order valence-electron chi connectivity index (χ0n) is 9.72. The number of methoxy groups -OCH3 is 1. The molecule has 0 aliphatic rings. The molecular weight excluding hydrogens is 218 g/mol. The second-order valence-corrected chi connectivity index (χ2v) is 3.37. The number of hydrogen-bond acceptors (Lipinski definition) is 4. The van der Waals surface area contributed by atoms with E-state index in [9.17, 15) is 0 Å². The van der Waals surface area contributed by atoms with Crippen molar-refractivity contribution in [3.05, 3.63) is 35.4 Å². The van der Waals surface area contributed by atoms with Gasteiger partial charge in [-0.1, -0.05) is 23.4 Å². The van der Waals surface area contributed by atoms with Crippen molar-refractivity contribution < 1.29 is 9.57 Å². The highest BCUT2D eigenvalue weighted by molar-refractivity contribution is 5.79. The topological polar surface area (TPSA) is 80.6 Å². The van der Waals surface area contributed by atoms with E-state index in [-0.39, 0.29) is 6.61 Å². The Balaban J connectivity index is 2.48. The standard InChI is InChI=1S/C12H15N3O2/c1-16-7-6-12(14)15-17-9-11-5-3-2-4-10(11)8-13/h2-5H,6-7,9H2,1H3,(H2,14,15). The monoisotopic (exact) mass is 233 g/mol. The van der Waals surface area contributed by atoms with E-state index in [0.29, 0.717) is 24.4 Å². The van der Waals surface area contributed by atoms with Crippen LogP contribution in [0.15, 0.2) is 29.4 Å². The minimum atomic E-state index is 0.234. The summed E-state index contributed by atoms with van der Waals surface area (Å²) in [5, 5.41) is 12.6. The van der Waals surface area contributed by atoms with Crippen molar-refractivity contribution in [1.82, 2.24) is 0 Å². The van der Waals surface area contributed by atoms with E-state index in [1.54, 1.807) is 19.2 Å². The van der Waals surface area contributed by atoms with Gasteiger partial charge >= 0.3 is 0 Å². The van der Waals surface area contributed by atoms with Crippen molar-refractivity contribution >= 4 is 5.84 Å². The molecule has 0 heterocycles. The van der Waals surface area contributed by atoms with Crippen molar-refractivity contribution in [3.8, 4) is 6.07 Å². The highest BCUT2D eigenvalue weighted by Gasteiger charge is 2.00. The number of nitrogens with two attached hydrogens (primary N) is 1. The molecule has 0 aliphatic carbocycles. The molecule has 90 valence electrons. The molecule has 0 amide bonds. The van der Waals surface area contributed by atoms with E-state index in [1.807, 2.05) is 12.1 Å². The number of amidine groups is 1. The molecule has 0 saturated carbocycles. The first-order valence-electron chi connectivity index (χ1n) is 5.19. The number of ether oxygens (including phenoxy) is 1. The van der Waals surface area contributed by atoms with Gasteiger partial charge in [-0.25, -0.2) is 0 Å². The molecule has 5 nitrogen and oxygen atoms in total. The molecule has 2 N–H and O–H groups in total. The fraction of sp³-hybridized carbons (Fsp3) is 0.333. The van der Waals surface area contributed by atoms with Gasteiger partial charge in [-0.2, -0.15) is 5.26 Å². The summed E-state index contributed by atoms with van der Waals surface area (Å²) in [5.74, 6) is 0.376. The SMILES string of the molecule is COCCC(N)=NOCc1ccccc1C#N. The van der Waals surface area contributed by atoms with Crippen LogP contribution in [0.2, 0.25) is 0 Å². The molecule has 0 spiro atoms. The van der Waals surface area contributed by atoms with Gasteiger partial charge in [-0.05, 0) is 6.07 Å². The molecule has 0 fully saturated rings. The minimum Gasteiger partial charge on any atom is -0.389 e. The summed E-state index contributed by atoms with van der Waals surface area (Å²) < 4.78 is 4.85. The highest BCUT2D eigenvalue weighted by atomic mass is 16.6. The van der Waals surface area contributed by atoms with Crippen LogP contribution in [0.4, 0.5) is 0 Å². The van der Waals surface area contributed by atoms with E-state index < -0.39 is 0 Å². The molecule has 0 bridgehead atoms. The lowest BCUT2D eigenvalue weighted by molar-refractivity contribution is 0.128. The quantitative estimate of drug-likeness (QED) is 0.457. The van der Waals surface area contributed by atoms with Crippen molar-refractivity contribution in [2.24, 2.45) is 10.9 Å². The maximum atomic E-state index is 8.86. The van der Waals surface area contributed by atoms with E-state index in [0.717, 1.165) is 5.56 Å². The highest BCUT2D eigenvalue weighted by Crippen LogP contribution is 2.08. The van der Waals surface area contributed by atoms with Crippen LogP contribution in [0.25, 0.3) is 0 Å². The Morgan fingerprint density at radius 3 is 2.94 bits per heavy atom. The van der Waals surface area contributed by atoms with Crippen LogP contribution < -0.4 is 5.73 Å². The Morgan fingerprint density at radius 1 is 1.47 bits per heavy atom. The van der Waals surface area contributed by atoms with Gasteiger partial charge in [-0.3, -0.25) is 0 Å². The molecule has 0 aromatic heterocycles. The van der Waals surface area contributed by atoms with Crippen LogP contribution in [0.3, 0.4) is 0 Å². The summed E-state index contributed by atoms with van der Waals surface area (Å²) in [6.07, 6.45) is 0.524. The third-order valence-corrected chi connectivity index (χ3v) is 2.10. The number of nitriles is 1. The van der Waals surface area contributed by atoms with E-state index >= 15 is 0 Å². The Kier molecular flexibility index (Phi) is 5.55. The Bertz CT molecular complexity index is 424. The first-order valence-corrected chi connectivity index (χ1v) is 5.19. The number of rotatable bonds is 6. The molecule has 0 unspecified atom stereocenters. The zero-order valence-corrected chi connectivity index (χ0v) is 9.72. The molecular formula is C12H15N3O2. The molecule has 0 atom stereocenters. The summed E-state index contributed by atoms with van der Waals surface area (Å²) in [6, 6.07) is 9.29. The fourth-order valence-corrected chi connectivity index (χ4v) is 1.19. The summed E-state index contributed by atoms with van der Waals surface area (Å²) in [5.41, 5.74) is 6.95. The van der Waals surface area contributed by atoms with Gasteiger partial charge in [0.15, 0.2) is 0 Å². The molecule has 0 radical (unpaired) electrons. The average molecular weight is 233 g/mol. The van der Waals surface area contributed by atoms with Crippen LogP contribution in [-0.4, -0.2) is 19.6 Å². The first kappa shape index (κ1) is 13.0. The lowest BCUT2D eigenvalue weighted by Crippen LogP contribution is -2.14. The smallest absolute Gasteiger partial charge is 0.143 e. The molecule has 17 heavy (non-hydrogen) atoms. The van der Waals surface area contributed by atoms with Crippen LogP contribution in [-0.2, 0) is 16.2 Å². The number of nitrogens with zero attached hydrogens (tertiary/aromatic N) is 2. The third kappa shape index (κ3) is 4.53. The van der Waals surface area contributed by atoms with Gasteiger partial charge in [0.1, 0.15) is 12.4 Å². The van der Waals surface area contributed by atoms with E-state index in [1.165, 1.54) is 0 Å². The Labute approximate surface area is 100 Å². The second-order valence-electron chi connectivity index (χ2n) is 3.37. The van der Waals surface area contributed by atoms with Crippen LogP contribution in [0, 0.1) is 11.3 Å². The lowest BCUT2D eigenvalue weighted by Gasteiger charge is -2.03. The number of hydrogen-bond donors (Lipinski definition) is 1. The summed E-state index contributed by atoms with van der Waals surface area (Å²) in [7, 11) is 1.59.